The number of aromatic nitrogens is 4. The van der Waals surface area contributed by atoms with Gasteiger partial charge in [0.15, 0.2) is 0 Å². The summed E-state index contributed by atoms with van der Waals surface area (Å²) in [4.78, 5) is 13.6. The standard InChI is InChI=1S/C16H21N5OS2/c1-11(15(22)17-13-9-5-6-10-14(13)23-2)24-16-18-19-20-21(16)12-7-3-4-8-12/h5-6,9-12H,3-4,7-8H2,1-2H3,(H,17,22). The molecule has 1 aliphatic carbocycles. The van der Waals surface area contributed by atoms with E-state index in [-0.39, 0.29) is 11.2 Å². The minimum atomic E-state index is -0.272. The maximum Gasteiger partial charge on any atom is 0.237 e. The van der Waals surface area contributed by atoms with Gasteiger partial charge in [0.1, 0.15) is 0 Å². The van der Waals surface area contributed by atoms with Crippen molar-refractivity contribution < 1.29 is 4.79 Å². The van der Waals surface area contributed by atoms with Gasteiger partial charge in [-0.15, -0.1) is 16.9 Å². The van der Waals surface area contributed by atoms with Crippen molar-refractivity contribution >= 4 is 35.1 Å². The number of benzene rings is 1. The number of nitrogens with zero attached hydrogens (tertiary/aromatic N) is 4. The van der Waals surface area contributed by atoms with Crippen LogP contribution < -0.4 is 5.32 Å². The summed E-state index contributed by atoms with van der Waals surface area (Å²) >= 11 is 3.03. The SMILES string of the molecule is CSc1ccccc1NC(=O)C(C)Sc1nnnn1C1CCCC1. The van der Waals surface area contributed by atoms with Crippen LogP contribution in [0.3, 0.4) is 0 Å². The Morgan fingerprint density at radius 1 is 1.33 bits per heavy atom. The first kappa shape index (κ1) is 17.3. The third kappa shape index (κ3) is 3.92. The highest BCUT2D eigenvalue weighted by Gasteiger charge is 2.24. The van der Waals surface area contributed by atoms with Crippen LogP contribution in [0.2, 0.25) is 0 Å². The third-order valence-electron chi connectivity index (χ3n) is 4.15. The Kier molecular flexibility index (Phi) is 5.78. The zero-order valence-corrected chi connectivity index (χ0v) is 15.4. The van der Waals surface area contributed by atoms with Crippen LogP contribution in [0.5, 0.6) is 0 Å². The number of carbonyl (C=O) groups is 1. The molecule has 1 saturated carbocycles. The predicted molar refractivity (Wildman–Crippen MR) is 97.5 cm³/mol. The molecule has 0 aliphatic heterocycles. The lowest BCUT2D eigenvalue weighted by Gasteiger charge is -2.15. The van der Waals surface area contributed by atoms with Gasteiger partial charge in [0.25, 0.3) is 0 Å². The second-order valence-corrected chi connectivity index (χ2v) is 7.95. The van der Waals surface area contributed by atoms with Crippen molar-refractivity contribution in [3.05, 3.63) is 24.3 Å². The second kappa shape index (κ2) is 8.02. The fourth-order valence-corrected chi connectivity index (χ4v) is 4.25. The summed E-state index contributed by atoms with van der Waals surface area (Å²) in [5, 5.41) is 15.5. The first-order chi connectivity index (χ1) is 11.7. The predicted octanol–water partition coefficient (Wildman–Crippen LogP) is 3.63. The highest BCUT2D eigenvalue weighted by Crippen LogP contribution is 2.33. The molecule has 1 heterocycles. The van der Waals surface area contributed by atoms with Gasteiger partial charge in [-0.3, -0.25) is 4.79 Å². The average molecular weight is 364 g/mol. The molecule has 1 N–H and O–H groups in total. The zero-order valence-electron chi connectivity index (χ0n) is 13.8. The molecule has 1 unspecified atom stereocenters. The zero-order chi connectivity index (χ0) is 16.9. The number of para-hydroxylation sites is 1. The van der Waals surface area contributed by atoms with E-state index in [0.29, 0.717) is 6.04 Å². The molecule has 3 rings (SSSR count). The van der Waals surface area contributed by atoms with Gasteiger partial charge in [0.05, 0.1) is 17.0 Å². The summed E-state index contributed by atoms with van der Waals surface area (Å²) in [6, 6.07) is 8.18. The van der Waals surface area contributed by atoms with Gasteiger partial charge in [0, 0.05) is 4.90 Å². The summed E-state index contributed by atoms with van der Waals surface area (Å²) in [5.74, 6) is -0.0394. The van der Waals surface area contributed by atoms with Gasteiger partial charge in [-0.25, -0.2) is 4.68 Å². The summed E-state index contributed by atoms with van der Waals surface area (Å²) in [7, 11) is 0. The molecule has 1 aromatic carbocycles. The number of thioether (sulfide) groups is 2. The van der Waals surface area contributed by atoms with E-state index in [1.54, 1.807) is 11.8 Å². The number of tetrazole rings is 1. The number of carbonyl (C=O) groups excluding carboxylic acids is 1. The smallest absolute Gasteiger partial charge is 0.237 e. The van der Waals surface area contributed by atoms with Crippen molar-refractivity contribution in [1.29, 1.82) is 0 Å². The number of nitrogens with one attached hydrogen (secondary N) is 1. The average Bonchev–Trinajstić information content (AvgIpc) is 3.26. The molecule has 8 heteroatoms. The van der Waals surface area contributed by atoms with Gasteiger partial charge < -0.3 is 5.32 Å². The van der Waals surface area contributed by atoms with Crippen molar-refractivity contribution in [2.45, 2.75) is 54.0 Å². The Bertz CT molecular complexity index is 699. The fourth-order valence-electron chi connectivity index (χ4n) is 2.83. The van der Waals surface area contributed by atoms with E-state index < -0.39 is 0 Å². The summed E-state index contributed by atoms with van der Waals surface area (Å²) in [6.45, 7) is 1.88. The molecule has 0 radical (unpaired) electrons. The molecule has 1 fully saturated rings. The van der Waals surface area contributed by atoms with Crippen molar-refractivity contribution in [3.8, 4) is 0 Å². The molecule has 6 nitrogen and oxygen atoms in total. The van der Waals surface area contributed by atoms with Crippen LogP contribution >= 0.6 is 23.5 Å². The van der Waals surface area contributed by atoms with E-state index in [1.165, 1.54) is 24.6 Å². The molecule has 128 valence electrons. The van der Waals surface area contributed by atoms with E-state index in [1.807, 2.05) is 42.1 Å². The second-order valence-electron chi connectivity index (χ2n) is 5.79. The van der Waals surface area contributed by atoms with Crippen LogP contribution in [0.1, 0.15) is 38.6 Å². The fraction of sp³-hybridized carbons (Fsp3) is 0.500. The Morgan fingerprint density at radius 2 is 2.08 bits per heavy atom. The van der Waals surface area contributed by atoms with Gasteiger partial charge in [-0.05, 0) is 48.6 Å². The van der Waals surface area contributed by atoms with E-state index in [4.69, 9.17) is 0 Å². The Balaban J connectivity index is 1.65. The topological polar surface area (TPSA) is 72.7 Å². The molecule has 0 spiro atoms. The number of hydrogen-bond acceptors (Lipinski definition) is 6. The largest absolute Gasteiger partial charge is 0.324 e. The molecule has 1 aliphatic rings. The Labute approximate surface area is 150 Å². The molecular weight excluding hydrogens is 342 g/mol. The summed E-state index contributed by atoms with van der Waals surface area (Å²) < 4.78 is 1.89. The molecule has 0 saturated heterocycles. The molecule has 24 heavy (non-hydrogen) atoms. The normalized spacial score (nSPS) is 16.2. The molecule has 1 atom stereocenters. The number of rotatable bonds is 6. The molecule has 1 amide bonds. The molecule has 1 aromatic heterocycles. The van der Waals surface area contributed by atoms with Gasteiger partial charge in [-0.2, -0.15) is 0 Å². The lowest BCUT2D eigenvalue weighted by Crippen LogP contribution is -2.23. The van der Waals surface area contributed by atoms with E-state index in [0.717, 1.165) is 28.6 Å². The van der Waals surface area contributed by atoms with Crippen LogP contribution in [-0.4, -0.2) is 37.6 Å². The Morgan fingerprint density at radius 3 is 2.83 bits per heavy atom. The van der Waals surface area contributed by atoms with Crippen LogP contribution in [-0.2, 0) is 4.79 Å². The highest BCUT2D eigenvalue weighted by atomic mass is 32.2. The Hall–Kier alpha value is -1.54. The van der Waals surface area contributed by atoms with Crippen LogP contribution in [0, 0.1) is 0 Å². The highest BCUT2D eigenvalue weighted by molar-refractivity contribution is 8.00. The summed E-state index contributed by atoms with van der Waals surface area (Å²) in [5.41, 5.74) is 0.845. The number of anilines is 1. The van der Waals surface area contributed by atoms with Crippen LogP contribution in [0.25, 0.3) is 0 Å². The molecule has 0 bridgehead atoms. The monoisotopic (exact) mass is 363 g/mol. The number of amides is 1. The van der Waals surface area contributed by atoms with Gasteiger partial charge in [0.2, 0.25) is 11.1 Å². The van der Waals surface area contributed by atoms with E-state index >= 15 is 0 Å². The third-order valence-corrected chi connectivity index (χ3v) is 5.99. The van der Waals surface area contributed by atoms with Gasteiger partial charge in [-0.1, -0.05) is 36.7 Å². The lowest BCUT2D eigenvalue weighted by atomic mass is 10.3. The quantitative estimate of drug-likeness (QED) is 0.790. The summed E-state index contributed by atoms with van der Waals surface area (Å²) in [6.07, 6.45) is 6.66. The van der Waals surface area contributed by atoms with Crippen molar-refractivity contribution in [2.24, 2.45) is 0 Å². The van der Waals surface area contributed by atoms with E-state index in [2.05, 4.69) is 20.8 Å². The van der Waals surface area contributed by atoms with E-state index in [9.17, 15) is 4.79 Å². The van der Waals surface area contributed by atoms with Crippen LogP contribution in [0.15, 0.2) is 34.3 Å². The number of hydrogen-bond donors (Lipinski definition) is 1. The van der Waals surface area contributed by atoms with Crippen LogP contribution in [0.4, 0.5) is 5.69 Å². The first-order valence-corrected chi connectivity index (χ1v) is 10.2. The first-order valence-electron chi connectivity index (χ1n) is 8.07. The molecule has 2 aromatic rings. The van der Waals surface area contributed by atoms with Crippen molar-refractivity contribution in [3.63, 3.8) is 0 Å². The minimum Gasteiger partial charge on any atom is -0.324 e. The van der Waals surface area contributed by atoms with Crippen molar-refractivity contribution in [2.75, 3.05) is 11.6 Å². The van der Waals surface area contributed by atoms with Gasteiger partial charge >= 0.3 is 0 Å². The molecular formula is C16H21N5OS2. The minimum absolute atomic E-state index is 0.0394. The lowest BCUT2D eigenvalue weighted by molar-refractivity contribution is -0.115. The maximum atomic E-state index is 12.5. The van der Waals surface area contributed by atoms with Crippen molar-refractivity contribution in [1.82, 2.24) is 20.2 Å². The maximum absolute atomic E-state index is 12.5.